The lowest BCUT2D eigenvalue weighted by molar-refractivity contribution is 1.04. The Morgan fingerprint density at radius 2 is 1.80 bits per heavy atom. The molecule has 0 aliphatic carbocycles. The fourth-order valence-electron chi connectivity index (χ4n) is 1.49. The molecule has 2 aromatic rings. The summed E-state index contributed by atoms with van der Waals surface area (Å²) in [4.78, 5) is 0. The molecule has 0 radical (unpaired) electrons. The van der Waals surface area contributed by atoms with Crippen LogP contribution in [0, 0.1) is 13.8 Å². The first-order valence-electron chi connectivity index (χ1n) is 4.74. The van der Waals surface area contributed by atoms with Crippen LogP contribution in [-0.2, 0) is 0 Å². The van der Waals surface area contributed by atoms with Crippen LogP contribution in [0.25, 0.3) is 11.3 Å². The molecule has 0 saturated heterocycles. The normalized spacial score (nSPS) is 10.3. The lowest BCUT2D eigenvalue weighted by Crippen LogP contribution is -1.91. The molecule has 0 amide bonds. The van der Waals surface area contributed by atoms with Crippen LogP contribution >= 0.6 is 11.6 Å². The third kappa shape index (κ3) is 2.00. The van der Waals surface area contributed by atoms with Crippen molar-refractivity contribution in [3.8, 4) is 11.3 Å². The zero-order valence-electron chi connectivity index (χ0n) is 8.66. The van der Waals surface area contributed by atoms with Crippen LogP contribution in [-0.4, -0.2) is 10.2 Å². The highest BCUT2D eigenvalue weighted by Gasteiger charge is 2.04. The fraction of sp³-hybridized carbons (Fsp3) is 0.167. The molecule has 0 aliphatic rings. The van der Waals surface area contributed by atoms with E-state index >= 15 is 0 Å². The van der Waals surface area contributed by atoms with Gasteiger partial charge in [0.1, 0.15) is 0 Å². The summed E-state index contributed by atoms with van der Waals surface area (Å²) >= 11 is 5.70. The van der Waals surface area contributed by atoms with E-state index in [0.717, 1.165) is 11.3 Å². The molecule has 0 saturated carbocycles. The minimum atomic E-state index is 0.420. The highest BCUT2D eigenvalue weighted by atomic mass is 35.5. The Kier molecular flexibility index (Phi) is 2.69. The van der Waals surface area contributed by atoms with Gasteiger partial charge < -0.3 is 0 Å². The third-order valence-electron chi connectivity index (χ3n) is 2.51. The van der Waals surface area contributed by atoms with Crippen molar-refractivity contribution in [3.63, 3.8) is 0 Å². The lowest BCUT2D eigenvalue weighted by atomic mass is 10.0. The molecule has 0 atom stereocenters. The summed E-state index contributed by atoms with van der Waals surface area (Å²) in [6.45, 7) is 4.17. The molecule has 2 rings (SSSR count). The van der Waals surface area contributed by atoms with E-state index < -0.39 is 0 Å². The Morgan fingerprint density at radius 3 is 2.47 bits per heavy atom. The maximum Gasteiger partial charge on any atom is 0.151 e. The average molecular weight is 219 g/mol. The van der Waals surface area contributed by atoms with Crippen molar-refractivity contribution in [2.75, 3.05) is 0 Å². The van der Waals surface area contributed by atoms with Gasteiger partial charge in [0.25, 0.3) is 0 Å². The maximum atomic E-state index is 5.70. The van der Waals surface area contributed by atoms with Crippen molar-refractivity contribution < 1.29 is 0 Å². The Hall–Kier alpha value is -1.41. The largest absolute Gasteiger partial charge is 0.151 e. The second-order valence-electron chi connectivity index (χ2n) is 3.49. The smallest absolute Gasteiger partial charge is 0.149 e. The van der Waals surface area contributed by atoms with Gasteiger partial charge >= 0.3 is 0 Å². The van der Waals surface area contributed by atoms with E-state index in [9.17, 15) is 0 Å². The number of hydrogen-bond donors (Lipinski definition) is 0. The molecule has 0 bridgehead atoms. The Balaban J connectivity index is 2.54. The second-order valence-corrected chi connectivity index (χ2v) is 3.88. The zero-order valence-corrected chi connectivity index (χ0v) is 9.42. The maximum absolute atomic E-state index is 5.70. The van der Waals surface area contributed by atoms with Gasteiger partial charge in [-0.2, -0.15) is 0 Å². The molecule has 1 aromatic heterocycles. The summed E-state index contributed by atoms with van der Waals surface area (Å²) in [7, 11) is 0. The van der Waals surface area contributed by atoms with Crippen LogP contribution in [0.2, 0.25) is 5.15 Å². The first-order chi connectivity index (χ1) is 7.18. The highest BCUT2D eigenvalue weighted by Crippen LogP contribution is 2.23. The van der Waals surface area contributed by atoms with Crippen molar-refractivity contribution in [3.05, 3.63) is 46.6 Å². The van der Waals surface area contributed by atoms with Gasteiger partial charge in [-0.1, -0.05) is 29.8 Å². The minimum Gasteiger partial charge on any atom is -0.149 e. The molecule has 0 aliphatic heterocycles. The van der Waals surface area contributed by atoms with Crippen molar-refractivity contribution in [1.29, 1.82) is 0 Å². The summed E-state index contributed by atoms with van der Waals surface area (Å²) in [5.74, 6) is 0. The molecular weight excluding hydrogens is 208 g/mol. The van der Waals surface area contributed by atoms with Crippen molar-refractivity contribution in [2.24, 2.45) is 0 Å². The molecule has 15 heavy (non-hydrogen) atoms. The molecule has 0 spiro atoms. The fourth-order valence-corrected chi connectivity index (χ4v) is 1.59. The number of nitrogens with zero attached hydrogens (tertiary/aromatic N) is 2. The summed E-state index contributed by atoms with van der Waals surface area (Å²) in [6, 6.07) is 9.79. The molecule has 3 heteroatoms. The first kappa shape index (κ1) is 10.1. The molecule has 0 fully saturated rings. The number of rotatable bonds is 1. The SMILES string of the molecule is Cc1cccc(-c2ccc(Cl)nn2)c1C. The molecular formula is C12H11ClN2. The molecule has 1 heterocycles. The number of hydrogen-bond acceptors (Lipinski definition) is 2. The van der Waals surface area contributed by atoms with E-state index in [1.807, 2.05) is 18.2 Å². The van der Waals surface area contributed by atoms with Crippen LogP contribution in [0.4, 0.5) is 0 Å². The average Bonchev–Trinajstić information content (AvgIpc) is 2.24. The first-order valence-corrected chi connectivity index (χ1v) is 5.12. The number of aromatic nitrogens is 2. The van der Waals surface area contributed by atoms with Crippen LogP contribution in [0.3, 0.4) is 0 Å². The van der Waals surface area contributed by atoms with Crippen LogP contribution in [0.1, 0.15) is 11.1 Å². The van der Waals surface area contributed by atoms with E-state index in [-0.39, 0.29) is 0 Å². The van der Waals surface area contributed by atoms with Crippen molar-refractivity contribution in [2.45, 2.75) is 13.8 Å². The van der Waals surface area contributed by atoms with Gasteiger partial charge in [-0.3, -0.25) is 0 Å². The molecule has 76 valence electrons. The number of aryl methyl sites for hydroxylation is 1. The molecule has 0 unspecified atom stereocenters. The number of benzene rings is 1. The predicted octanol–water partition coefficient (Wildman–Crippen LogP) is 3.41. The van der Waals surface area contributed by atoms with Crippen LogP contribution in [0.5, 0.6) is 0 Å². The van der Waals surface area contributed by atoms with E-state index in [0.29, 0.717) is 5.15 Å². The zero-order chi connectivity index (χ0) is 10.8. The second kappa shape index (κ2) is 3.99. The van der Waals surface area contributed by atoms with Crippen LogP contribution < -0.4 is 0 Å². The summed E-state index contributed by atoms with van der Waals surface area (Å²) in [5.41, 5.74) is 4.46. The summed E-state index contributed by atoms with van der Waals surface area (Å²) in [5, 5.41) is 8.33. The molecule has 2 nitrogen and oxygen atoms in total. The number of halogens is 1. The standard InChI is InChI=1S/C12H11ClN2/c1-8-4-3-5-10(9(8)2)11-6-7-12(13)15-14-11/h3-7H,1-2H3. The van der Waals surface area contributed by atoms with Crippen molar-refractivity contribution in [1.82, 2.24) is 10.2 Å². The quantitative estimate of drug-likeness (QED) is 0.733. The van der Waals surface area contributed by atoms with E-state index in [2.05, 4.69) is 30.1 Å². The van der Waals surface area contributed by atoms with E-state index in [4.69, 9.17) is 11.6 Å². The van der Waals surface area contributed by atoms with Gasteiger partial charge in [0.15, 0.2) is 5.15 Å². The topological polar surface area (TPSA) is 25.8 Å². The summed E-state index contributed by atoms with van der Waals surface area (Å²) < 4.78 is 0. The van der Waals surface area contributed by atoms with Crippen LogP contribution in [0.15, 0.2) is 30.3 Å². The van der Waals surface area contributed by atoms with Gasteiger partial charge in [-0.25, -0.2) is 0 Å². The third-order valence-corrected chi connectivity index (χ3v) is 2.71. The lowest BCUT2D eigenvalue weighted by Gasteiger charge is -2.06. The highest BCUT2D eigenvalue weighted by molar-refractivity contribution is 6.29. The molecule has 0 N–H and O–H groups in total. The van der Waals surface area contributed by atoms with Crippen molar-refractivity contribution >= 4 is 11.6 Å². The van der Waals surface area contributed by atoms with E-state index in [1.54, 1.807) is 6.07 Å². The Labute approximate surface area is 93.9 Å². The molecule has 1 aromatic carbocycles. The van der Waals surface area contributed by atoms with Gasteiger partial charge in [0.2, 0.25) is 0 Å². The minimum absolute atomic E-state index is 0.420. The summed E-state index contributed by atoms with van der Waals surface area (Å²) in [6.07, 6.45) is 0. The van der Waals surface area contributed by atoms with Gasteiger partial charge in [-0.05, 0) is 37.1 Å². The van der Waals surface area contributed by atoms with E-state index in [1.165, 1.54) is 11.1 Å². The predicted molar refractivity (Wildman–Crippen MR) is 62.0 cm³/mol. The van der Waals surface area contributed by atoms with Gasteiger partial charge in [0, 0.05) is 5.56 Å². The van der Waals surface area contributed by atoms with Gasteiger partial charge in [0.05, 0.1) is 5.69 Å². The Morgan fingerprint density at radius 1 is 1.00 bits per heavy atom. The monoisotopic (exact) mass is 218 g/mol. The van der Waals surface area contributed by atoms with Gasteiger partial charge in [-0.15, -0.1) is 10.2 Å². The Bertz CT molecular complexity index is 477.